The highest BCUT2D eigenvalue weighted by Crippen LogP contribution is 2.27. The van der Waals surface area contributed by atoms with Gasteiger partial charge in [0.05, 0.1) is 6.07 Å². The summed E-state index contributed by atoms with van der Waals surface area (Å²) >= 11 is 0. The summed E-state index contributed by atoms with van der Waals surface area (Å²) in [7, 11) is 0. The topological polar surface area (TPSA) is 45.0 Å². The van der Waals surface area contributed by atoms with Crippen molar-refractivity contribution in [3.05, 3.63) is 28.8 Å². The summed E-state index contributed by atoms with van der Waals surface area (Å²) in [6.07, 6.45) is 2.33. The van der Waals surface area contributed by atoms with Crippen molar-refractivity contribution in [3.8, 4) is 11.8 Å². The van der Waals surface area contributed by atoms with Gasteiger partial charge < -0.3 is 4.74 Å². The number of hydrogen-bond acceptors (Lipinski definition) is 3. The van der Waals surface area contributed by atoms with Gasteiger partial charge in [-0.3, -0.25) is 5.32 Å². The molecule has 0 amide bonds. The molecule has 1 saturated carbocycles. The van der Waals surface area contributed by atoms with Crippen LogP contribution in [0, 0.1) is 32.1 Å². The van der Waals surface area contributed by atoms with Gasteiger partial charge in [-0.25, -0.2) is 0 Å². The molecule has 3 nitrogen and oxygen atoms in total. The molecule has 1 atom stereocenters. The largest absolute Gasteiger partial charge is 0.490 e. The van der Waals surface area contributed by atoms with Crippen molar-refractivity contribution >= 4 is 0 Å². The van der Waals surface area contributed by atoms with Gasteiger partial charge in [0.2, 0.25) is 0 Å². The highest BCUT2D eigenvalue weighted by Gasteiger charge is 2.33. The van der Waals surface area contributed by atoms with Crippen molar-refractivity contribution in [2.45, 2.75) is 52.1 Å². The number of nitrogens with one attached hydrogen (secondary N) is 1. The molecule has 2 rings (SSSR count). The zero-order chi connectivity index (χ0) is 14.0. The van der Waals surface area contributed by atoms with E-state index >= 15 is 0 Å². The maximum absolute atomic E-state index is 9.33. The summed E-state index contributed by atoms with van der Waals surface area (Å²) in [5.41, 5.74) is 2.89. The van der Waals surface area contributed by atoms with Crippen molar-refractivity contribution in [2.24, 2.45) is 0 Å². The number of aryl methyl sites for hydroxylation is 3. The number of nitrogens with zero attached hydrogens (tertiary/aromatic N) is 1. The lowest BCUT2D eigenvalue weighted by Gasteiger charge is -2.24. The Hall–Kier alpha value is -1.53. The molecule has 0 spiro atoms. The summed E-state index contributed by atoms with van der Waals surface area (Å²) in [4.78, 5) is 0. The van der Waals surface area contributed by atoms with Crippen molar-refractivity contribution in [2.75, 3.05) is 6.61 Å². The first-order valence-corrected chi connectivity index (χ1v) is 6.83. The monoisotopic (exact) mass is 258 g/mol. The maximum Gasteiger partial charge on any atom is 0.138 e. The molecule has 0 radical (unpaired) electrons. The van der Waals surface area contributed by atoms with Gasteiger partial charge in [-0.1, -0.05) is 17.7 Å². The summed E-state index contributed by atoms with van der Waals surface area (Å²) in [6.45, 7) is 8.47. The van der Waals surface area contributed by atoms with Crippen LogP contribution in [0.2, 0.25) is 0 Å². The van der Waals surface area contributed by atoms with Crippen LogP contribution in [0.4, 0.5) is 0 Å². The molecule has 0 heterocycles. The number of ether oxygens (including phenoxy) is 1. The number of benzene rings is 1. The molecule has 0 bridgehead atoms. The van der Waals surface area contributed by atoms with Crippen LogP contribution in [0.5, 0.6) is 5.75 Å². The van der Waals surface area contributed by atoms with Gasteiger partial charge in [-0.2, -0.15) is 5.26 Å². The molecule has 1 fully saturated rings. The van der Waals surface area contributed by atoms with Crippen LogP contribution in [0.15, 0.2) is 12.1 Å². The highest BCUT2D eigenvalue weighted by molar-refractivity contribution is 5.43. The minimum Gasteiger partial charge on any atom is -0.490 e. The van der Waals surface area contributed by atoms with E-state index in [2.05, 4.69) is 30.4 Å². The zero-order valence-corrected chi connectivity index (χ0v) is 12.2. The first-order valence-electron chi connectivity index (χ1n) is 6.83. The fraction of sp³-hybridized carbons (Fsp3) is 0.562. The lowest BCUT2D eigenvalue weighted by Crippen LogP contribution is -2.47. The van der Waals surface area contributed by atoms with Crippen LogP contribution in [0.3, 0.4) is 0 Å². The van der Waals surface area contributed by atoms with Crippen molar-refractivity contribution < 1.29 is 4.74 Å². The average Bonchev–Trinajstić information content (AvgIpc) is 3.11. The SMILES string of the molecule is Cc1cc(C)c(OCC(C)(C#N)NC2CC2)c(C)c1. The zero-order valence-electron chi connectivity index (χ0n) is 12.2. The maximum atomic E-state index is 9.33. The predicted molar refractivity (Wildman–Crippen MR) is 76.3 cm³/mol. The highest BCUT2D eigenvalue weighted by atomic mass is 16.5. The van der Waals surface area contributed by atoms with E-state index in [1.807, 2.05) is 20.8 Å². The summed E-state index contributed by atoms with van der Waals surface area (Å²) in [5, 5.41) is 12.7. The third-order valence-electron chi connectivity index (χ3n) is 3.46. The van der Waals surface area contributed by atoms with E-state index in [0.29, 0.717) is 12.6 Å². The molecular formula is C16H22N2O. The first kappa shape index (κ1) is 13.9. The van der Waals surface area contributed by atoms with E-state index < -0.39 is 5.54 Å². The second-order valence-corrected chi connectivity index (χ2v) is 5.88. The Morgan fingerprint density at radius 3 is 2.37 bits per heavy atom. The molecule has 0 aromatic heterocycles. The van der Waals surface area contributed by atoms with E-state index in [4.69, 9.17) is 4.74 Å². The second-order valence-electron chi connectivity index (χ2n) is 5.88. The minimum atomic E-state index is -0.606. The molecular weight excluding hydrogens is 236 g/mol. The smallest absolute Gasteiger partial charge is 0.138 e. The standard InChI is InChI=1S/C16H22N2O/c1-11-7-12(2)15(13(3)8-11)19-10-16(4,9-17)18-14-5-6-14/h7-8,14,18H,5-6,10H2,1-4H3. The van der Waals surface area contributed by atoms with Crippen molar-refractivity contribution in [3.63, 3.8) is 0 Å². The van der Waals surface area contributed by atoms with E-state index in [1.54, 1.807) is 0 Å². The molecule has 0 aliphatic heterocycles. The van der Waals surface area contributed by atoms with Gasteiger partial charge in [0.25, 0.3) is 0 Å². The van der Waals surface area contributed by atoms with Crippen molar-refractivity contribution in [1.29, 1.82) is 5.26 Å². The Kier molecular flexibility index (Phi) is 3.82. The Morgan fingerprint density at radius 1 is 1.32 bits per heavy atom. The number of rotatable bonds is 5. The summed E-state index contributed by atoms with van der Waals surface area (Å²) in [5.74, 6) is 0.907. The lowest BCUT2D eigenvalue weighted by atomic mass is 10.0. The van der Waals surface area contributed by atoms with E-state index in [9.17, 15) is 5.26 Å². The van der Waals surface area contributed by atoms with Crippen LogP contribution < -0.4 is 10.1 Å². The molecule has 102 valence electrons. The Labute approximate surface area is 115 Å². The normalized spacial score (nSPS) is 17.6. The van der Waals surface area contributed by atoms with Crippen LogP contribution >= 0.6 is 0 Å². The molecule has 19 heavy (non-hydrogen) atoms. The molecule has 1 aliphatic rings. The van der Waals surface area contributed by atoms with Gasteiger partial charge in [-0.05, 0) is 51.7 Å². The lowest BCUT2D eigenvalue weighted by molar-refractivity contribution is 0.230. The Bertz CT molecular complexity index is 491. The summed E-state index contributed by atoms with van der Waals surface area (Å²) < 4.78 is 5.92. The third kappa shape index (κ3) is 3.48. The van der Waals surface area contributed by atoms with E-state index in [0.717, 1.165) is 16.9 Å². The number of hydrogen-bond donors (Lipinski definition) is 1. The molecule has 0 saturated heterocycles. The van der Waals surface area contributed by atoms with E-state index in [1.165, 1.54) is 18.4 Å². The Balaban J connectivity index is 2.07. The first-order chi connectivity index (χ1) is 8.93. The van der Waals surface area contributed by atoms with Crippen LogP contribution in [-0.4, -0.2) is 18.2 Å². The Morgan fingerprint density at radius 2 is 1.89 bits per heavy atom. The molecule has 1 N–H and O–H groups in total. The predicted octanol–water partition coefficient (Wildman–Crippen LogP) is 3.02. The van der Waals surface area contributed by atoms with Crippen LogP contribution in [0.25, 0.3) is 0 Å². The second kappa shape index (κ2) is 5.22. The minimum absolute atomic E-state index is 0.380. The van der Waals surface area contributed by atoms with Gasteiger partial charge in [-0.15, -0.1) is 0 Å². The average molecular weight is 258 g/mol. The molecule has 1 aromatic carbocycles. The van der Waals surface area contributed by atoms with E-state index in [-0.39, 0.29) is 0 Å². The third-order valence-corrected chi connectivity index (χ3v) is 3.46. The van der Waals surface area contributed by atoms with Gasteiger partial charge in [0, 0.05) is 6.04 Å². The molecule has 1 aliphatic carbocycles. The number of nitriles is 1. The fourth-order valence-corrected chi connectivity index (χ4v) is 2.40. The van der Waals surface area contributed by atoms with Gasteiger partial charge >= 0.3 is 0 Å². The molecule has 3 heteroatoms. The fourth-order valence-electron chi connectivity index (χ4n) is 2.40. The quantitative estimate of drug-likeness (QED) is 0.883. The molecule has 1 unspecified atom stereocenters. The van der Waals surface area contributed by atoms with Gasteiger partial charge in [0.1, 0.15) is 17.9 Å². The summed E-state index contributed by atoms with van der Waals surface area (Å²) in [6, 6.07) is 7.05. The van der Waals surface area contributed by atoms with Crippen LogP contribution in [0.1, 0.15) is 36.5 Å². The van der Waals surface area contributed by atoms with Crippen LogP contribution in [-0.2, 0) is 0 Å². The van der Waals surface area contributed by atoms with Crippen molar-refractivity contribution in [1.82, 2.24) is 5.32 Å². The molecule has 1 aromatic rings. The van der Waals surface area contributed by atoms with Gasteiger partial charge in [0.15, 0.2) is 0 Å².